The highest BCUT2D eigenvalue weighted by molar-refractivity contribution is 5.84. The number of amides is 1. The lowest BCUT2D eigenvalue weighted by Gasteiger charge is -2.13. The SMILES string of the molecule is CCCCCCCCCCCCCCCCCC(=O)N[C@H](CO)C(=O)OC. The lowest BCUT2D eigenvalue weighted by molar-refractivity contribution is -0.146. The third-order valence-electron chi connectivity index (χ3n) is 5.01. The fourth-order valence-corrected chi connectivity index (χ4v) is 3.24. The van der Waals surface area contributed by atoms with Gasteiger partial charge in [-0.05, 0) is 6.42 Å². The molecule has 27 heavy (non-hydrogen) atoms. The molecule has 0 aliphatic carbocycles. The fourth-order valence-electron chi connectivity index (χ4n) is 3.24. The van der Waals surface area contributed by atoms with Crippen LogP contribution in [0.4, 0.5) is 0 Å². The highest BCUT2D eigenvalue weighted by Crippen LogP contribution is 2.13. The number of unbranched alkanes of at least 4 members (excludes halogenated alkanes) is 14. The molecule has 0 aliphatic heterocycles. The summed E-state index contributed by atoms with van der Waals surface area (Å²) in [7, 11) is 1.24. The molecule has 5 heteroatoms. The Kier molecular flexibility index (Phi) is 18.9. The van der Waals surface area contributed by atoms with Crippen molar-refractivity contribution in [2.24, 2.45) is 0 Å². The molecule has 0 fully saturated rings. The van der Waals surface area contributed by atoms with Gasteiger partial charge in [0.05, 0.1) is 13.7 Å². The second-order valence-corrected chi connectivity index (χ2v) is 7.53. The zero-order valence-corrected chi connectivity index (χ0v) is 17.8. The molecule has 0 unspecified atom stereocenters. The number of aliphatic hydroxyl groups is 1. The van der Waals surface area contributed by atoms with Crippen molar-refractivity contribution >= 4 is 11.9 Å². The minimum absolute atomic E-state index is 0.200. The third-order valence-corrected chi connectivity index (χ3v) is 5.01. The fraction of sp³-hybridized carbons (Fsp3) is 0.909. The second-order valence-electron chi connectivity index (χ2n) is 7.53. The van der Waals surface area contributed by atoms with Crippen LogP contribution >= 0.6 is 0 Å². The summed E-state index contributed by atoms with van der Waals surface area (Å²) in [4.78, 5) is 23.0. The number of carbonyl (C=O) groups is 2. The maximum atomic E-state index is 11.7. The van der Waals surface area contributed by atoms with E-state index in [1.54, 1.807) is 0 Å². The molecular weight excluding hydrogens is 342 g/mol. The van der Waals surface area contributed by atoms with Crippen LogP contribution in [0.5, 0.6) is 0 Å². The summed E-state index contributed by atoms with van der Waals surface area (Å²) in [5.41, 5.74) is 0. The van der Waals surface area contributed by atoms with E-state index in [0.717, 1.165) is 19.3 Å². The average molecular weight is 386 g/mol. The van der Waals surface area contributed by atoms with E-state index in [0.29, 0.717) is 6.42 Å². The van der Waals surface area contributed by atoms with Crippen LogP contribution < -0.4 is 5.32 Å². The first kappa shape index (κ1) is 25.9. The second kappa shape index (κ2) is 19.7. The number of ether oxygens (including phenoxy) is 1. The van der Waals surface area contributed by atoms with Gasteiger partial charge in [-0.1, -0.05) is 96.8 Å². The maximum Gasteiger partial charge on any atom is 0.330 e. The summed E-state index contributed by atoms with van der Waals surface area (Å²) in [5.74, 6) is -0.809. The van der Waals surface area contributed by atoms with Crippen LogP contribution in [0.2, 0.25) is 0 Å². The summed E-state index contributed by atoms with van der Waals surface area (Å²) in [6.07, 6.45) is 19.7. The van der Waals surface area contributed by atoms with Crippen molar-refractivity contribution in [3.8, 4) is 0 Å². The van der Waals surface area contributed by atoms with Gasteiger partial charge in [-0.15, -0.1) is 0 Å². The molecule has 160 valence electrons. The lowest BCUT2D eigenvalue weighted by Crippen LogP contribution is -2.43. The smallest absolute Gasteiger partial charge is 0.330 e. The van der Waals surface area contributed by atoms with Crippen molar-refractivity contribution in [3.63, 3.8) is 0 Å². The van der Waals surface area contributed by atoms with Crippen LogP contribution in [0.3, 0.4) is 0 Å². The maximum absolute atomic E-state index is 11.7. The van der Waals surface area contributed by atoms with Crippen molar-refractivity contribution in [2.75, 3.05) is 13.7 Å². The van der Waals surface area contributed by atoms with E-state index in [-0.39, 0.29) is 5.91 Å². The van der Waals surface area contributed by atoms with Crippen molar-refractivity contribution in [1.82, 2.24) is 5.32 Å². The zero-order valence-electron chi connectivity index (χ0n) is 17.8. The van der Waals surface area contributed by atoms with Gasteiger partial charge in [0.15, 0.2) is 6.04 Å². The van der Waals surface area contributed by atoms with Gasteiger partial charge in [0, 0.05) is 6.42 Å². The summed E-state index contributed by atoms with van der Waals surface area (Å²) in [6, 6.07) is -0.946. The summed E-state index contributed by atoms with van der Waals surface area (Å²) in [5, 5.41) is 11.6. The Morgan fingerprint density at radius 2 is 1.19 bits per heavy atom. The number of hydrogen-bond acceptors (Lipinski definition) is 4. The molecule has 1 atom stereocenters. The highest BCUT2D eigenvalue weighted by atomic mass is 16.5. The lowest BCUT2D eigenvalue weighted by atomic mass is 10.0. The van der Waals surface area contributed by atoms with Crippen molar-refractivity contribution in [3.05, 3.63) is 0 Å². The van der Waals surface area contributed by atoms with Crippen LogP contribution in [-0.4, -0.2) is 36.7 Å². The summed E-state index contributed by atoms with van der Waals surface area (Å²) < 4.78 is 4.52. The predicted octanol–water partition coefficient (Wildman–Crippen LogP) is 4.90. The van der Waals surface area contributed by atoms with E-state index in [2.05, 4.69) is 17.0 Å². The third kappa shape index (κ3) is 16.8. The topological polar surface area (TPSA) is 75.6 Å². The van der Waals surface area contributed by atoms with E-state index in [1.165, 1.54) is 84.2 Å². The number of carbonyl (C=O) groups excluding carboxylic acids is 2. The minimum Gasteiger partial charge on any atom is -0.467 e. The molecule has 0 aromatic carbocycles. The normalized spacial score (nSPS) is 12.0. The van der Waals surface area contributed by atoms with Gasteiger partial charge < -0.3 is 15.2 Å². The van der Waals surface area contributed by atoms with Crippen molar-refractivity contribution < 1.29 is 19.4 Å². The van der Waals surface area contributed by atoms with Gasteiger partial charge >= 0.3 is 5.97 Å². The van der Waals surface area contributed by atoms with Gasteiger partial charge in [-0.25, -0.2) is 4.79 Å². The molecule has 0 aromatic heterocycles. The molecule has 0 heterocycles. The number of aliphatic hydroxyl groups excluding tert-OH is 1. The Morgan fingerprint density at radius 1 is 0.778 bits per heavy atom. The average Bonchev–Trinajstić information content (AvgIpc) is 2.68. The van der Waals surface area contributed by atoms with Gasteiger partial charge in [-0.2, -0.15) is 0 Å². The number of esters is 1. The van der Waals surface area contributed by atoms with Crippen LogP contribution in [0.1, 0.15) is 110 Å². The van der Waals surface area contributed by atoms with Gasteiger partial charge in [0.1, 0.15) is 0 Å². The number of rotatable bonds is 19. The van der Waals surface area contributed by atoms with E-state index in [9.17, 15) is 9.59 Å². The Hall–Kier alpha value is -1.10. The highest BCUT2D eigenvalue weighted by Gasteiger charge is 2.19. The zero-order chi connectivity index (χ0) is 20.2. The molecule has 0 radical (unpaired) electrons. The van der Waals surface area contributed by atoms with Crippen molar-refractivity contribution in [1.29, 1.82) is 0 Å². The molecule has 0 aromatic rings. The summed E-state index contributed by atoms with van der Waals surface area (Å²) in [6.45, 7) is 1.83. The Morgan fingerprint density at radius 3 is 1.56 bits per heavy atom. The van der Waals surface area contributed by atoms with E-state index >= 15 is 0 Å². The van der Waals surface area contributed by atoms with E-state index in [4.69, 9.17) is 5.11 Å². The number of methoxy groups -OCH3 is 1. The van der Waals surface area contributed by atoms with E-state index < -0.39 is 18.6 Å². The first-order valence-electron chi connectivity index (χ1n) is 11.1. The van der Waals surface area contributed by atoms with Crippen LogP contribution in [0.15, 0.2) is 0 Å². The number of hydrogen-bond donors (Lipinski definition) is 2. The quantitative estimate of drug-likeness (QED) is 0.245. The molecule has 2 N–H and O–H groups in total. The monoisotopic (exact) mass is 385 g/mol. The molecule has 0 aliphatic rings. The minimum atomic E-state index is -0.946. The van der Waals surface area contributed by atoms with Gasteiger partial charge in [0.25, 0.3) is 0 Å². The van der Waals surface area contributed by atoms with Gasteiger partial charge in [0.2, 0.25) is 5.91 Å². The van der Waals surface area contributed by atoms with Crippen LogP contribution in [-0.2, 0) is 14.3 Å². The van der Waals surface area contributed by atoms with Crippen LogP contribution in [0, 0.1) is 0 Å². The first-order chi connectivity index (χ1) is 13.2. The van der Waals surface area contributed by atoms with Crippen molar-refractivity contribution in [2.45, 2.75) is 116 Å². The standard InChI is InChI=1S/C22H43NO4/c1-3-4-5-6-7-8-9-10-11-12-13-14-15-16-17-18-21(25)23-20(19-24)22(26)27-2/h20,24H,3-19H2,1-2H3,(H,23,25)/t20-/m1/s1. The van der Waals surface area contributed by atoms with E-state index in [1.807, 2.05) is 0 Å². The molecule has 0 spiro atoms. The predicted molar refractivity (Wildman–Crippen MR) is 111 cm³/mol. The van der Waals surface area contributed by atoms with Gasteiger partial charge in [-0.3, -0.25) is 4.79 Å². The first-order valence-corrected chi connectivity index (χ1v) is 11.1. The molecule has 0 bridgehead atoms. The molecule has 5 nitrogen and oxygen atoms in total. The Bertz CT molecular complexity index is 360. The molecule has 0 rings (SSSR count). The Labute approximate surface area is 166 Å². The number of nitrogens with one attached hydrogen (secondary N) is 1. The molecular formula is C22H43NO4. The van der Waals surface area contributed by atoms with Crippen LogP contribution in [0.25, 0.3) is 0 Å². The molecule has 0 saturated carbocycles. The molecule has 0 saturated heterocycles. The molecule has 1 amide bonds. The largest absolute Gasteiger partial charge is 0.467 e. The Balaban J connectivity index is 3.33. The summed E-state index contributed by atoms with van der Waals surface area (Å²) >= 11 is 0.